The topological polar surface area (TPSA) is 36.4 Å². The molecule has 1 heterocycles. The highest BCUT2D eigenvalue weighted by molar-refractivity contribution is 14.0. The van der Waals surface area contributed by atoms with Gasteiger partial charge in [0.15, 0.2) is 5.96 Å². The van der Waals surface area contributed by atoms with Crippen LogP contribution in [0.4, 0.5) is 0 Å². The number of hydrogen-bond acceptors (Lipinski definition) is 2. The van der Waals surface area contributed by atoms with E-state index in [0.717, 1.165) is 19.0 Å². The lowest BCUT2D eigenvalue weighted by molar-refractivity contribution is 0.410. The molecule has 0 bridgehead atoms. The molecule has 114 valence electrons. The summed E-state index contributed by atoms with van der Waals surface area (Å²) < 4.78 is 0. The molecular formula is C15H26IN3S. The number of rotatable bonds is 4. The highest BCUT2D eigenvalue weighted by atomic mass is 127. The van der Waals surface area contributed by atoms with Crippen LogP contribution in [0.1, 0.15) is 49.5 Å². The Hall–Kier alpha value is -0.300. The van der Waals surface area contributed by atoms with E-state index >= 15 is 0 Å². The van der Waals surface area contributed by atoms with Gasteiger partial charge in [-0.3, -0.25) is 0 Å². The van der Waals surface area contributed by atoms with E-state index in [0.29, 0.717) is 6.04 Å². The van der Waals surface area contributed by atoms with Crippen LogP contribution in [-0.2, 0) is 6.54 Å². The number of guanidine groups is 1. The fourth-order valence-electron chi connectivity index (χ4n) is 2.48. The van der Waals surface area contributed by atoms with Crippen LogP contribution in [-0.4, -0.2) is 18.5 Å². The van der Waals surface area contributed by atoms with Crippen LogP contribution < -0.4 is 10.6 Å². The molecule has 1 fully saturated rings. The number of nitrogens with one attached hydrogen (secondary N) is 2. The Balaban J connectivity index is 0.00000200. The average Bonchev–Trinajstić information content (AvgIpc) is 2.83. The minimum absolute atomic E-state index is 0. The molecule has 0 amide bonds. The summed E-state index contributed by atoms with van der Waals surface area (Å²) in [7, 11) is 0. The van der Waals surface area contributed by atoms with E-state index in [-0.39, 0.29) is 24.0 Å². The van der Waals surface area contributed by atoms with Gasteiger partial charge in [0.2, 0.25) is 0 Å². The van der Waals surface area contributed by atoms with Gasteiger partial charge in [-0.25, -0.2) is 4.99 Å². The molecule has 5 heteroatoms. The van der Waals surface area contributed by atoms with Gasteiger partial charge >= 0.3 is 0 Å². The molecule has 1 aliphatic rings. The van der Waals surface area contributed by atoms with Crippen molar-refractivity contribution in [1.82, 2.24) is 10.6 Å². The summed E-state index contributed by atoms with van der Waals surface area (Å²) in [5.41, 5.74) is 1.35. The lowest BCUT2D eigenvalue weighted by Crippen LogP contribution is -2.44. The van der Waals surface area contributed by atoms with Crippen LogP contribution in [0.5, 0.6) is 0 Å². The van der Waals surface area contributed by atoms with Gasteiger partial charge in [0, 0.05) is 17.5 Å². The summed E-state index contributed by atoms with van der Waals surface area (Å²) in [5.74, 6) is 0.974. The first kappa shape index (κ1) is 17.8. The highest BCUT2D eigenvalue weighted by Gasteiger charge is 2.14. The minimum Gasteiger partial charge on any atom is -0.357 e. The zero-order valence-electron chi connectivity index (χ0n) is 12.4. The van der Waals surface area contributed by atoms with Crippen LogP contribution in [0, 0.1) is 6.92 Å². The third kappa shape index (κ3) is 5.60. The predicted molar refractivity (Wildman–Crippen MR) is 99.3 cm³/mol. The largest absolute Gasteiger partial charge is 0.357 e. The van der Waals surface area contributed by atoms with Crippen LogP contribution in [0.2, 0.25) is 0 Å². The van der Waals surface area contributed by atoms with Crippen molar-refractivity contribution in [2.45, 2.75) is 58.5 Å². The van der Waals surface area contributed by atoms with Crippen molar-refractivity contribution < 1.29 is 0 Å². The van der Waals surface area contributed by atoms with Gasteiger partial charge in [-0.1, -0.05) is 19.3 Å². The Bertz CT molecular complexity index is 411. The second kappa shape index (κ2) is 9.60. The Morgan fingerprint density at radius 1 is 1.35 bits per heavy atom. The van der Waals surface area contributed by atoms with Gasteiger partial charge in [0.05, 0.1) is 6.54 Å². The van der Waals surface area contributed by atoms with Crippen molar-refractivity contribution in [3.63, 3.8) is 0 Å². The van der Waals surface area contributed by atoms with Crippen LogP contribution in [0.15, 0.2) is 16.4 Å². The Labute approximate surface area is 143 Å². The molecule has 1 aromatic heterocycles. The SMILES string of the molecule is CCNC(=NCc1sccc1C)NC1CCCCC1.I. The van der Waals surface area contributed by atoms with Gasteiger partial charge in [-0.15, -0.1) is 35.3 Å². The quantitative estimate of drug-likeness (QED) is 0.449. The highest BCUT2D eigenvalue weighted by Crippen LogP contribution is 2.18. The van der Waals surface area contributed by atoms with Crippen molar-refractivity contribution in [1.29, 1.82) is 0 Å². The standard InChI is InChI=1S/C15H25N3S.HI/c1-3-16-15(18-13-7-5-4-6-8-13)17-11-14-12(2)9-10-19-14;/h9-10,13H,3-8,11H2,1-2H3,(H2,16,17,18);1H. The molecule has 1 aromatic rings. The van der Waals surface area contributed by atoms with Gasteiger partial charge < -0.3 is 10.6 Å². The number of aliphatic imine (C=N–C) groups is 1. The fraction of sp³-hybridized carbons (Fsp3) is 0.667. The molecule has 0 radical (unpaired) electrons. The molecule has 1 saturated carbocycles. The maximum Gasteiger partial charge on any atom is 0.191 e. The van der Waals surface area contributed by atoms with Gasteiger partial charge in [0.1, 0.15) is 0 Å². The first-order chi connectivity index (χ1) is 9.29. The second-order valence-corrected chi connectivity index (χ2v) is 6.20. The Kier molecular flexibility index (Phi) is 8.52. The average molecular weight is 407 g/mol. The van der Waals surface area contributed by atoms with Gasteiger partial charge in [0.25, 0.3) is 0 Å². The fourth-order valence-corrected chi connectivity index (χ4v) is 3.31. The number of thiophene rings is 1. The third-order valence-electron chi connectivity index (χ3n) is 3.64. The molecule has 20 heavy (non-hydrogen) atoms. The molecule has 0 spiro atoms. The molecular weight excluding hydrogens is 381 g/mol. The summed E-state index contributed by atoms with van der Waals surface area (Å²) >= 11 is 1.79. The molecule has 0 atom stereocenters. The van der Waals surface area contributed by atoms with E-state index in [1.54, 1.807) is 11.3 Å². The lowest BCUT2D eigenvalue weighted by Gasteiger charge is -2.24. The lowest BCUT2D eigenvalue weighted by atomic mass is 9.96. The molecule has 2 rings (SSSR count). The van der Waals surface area contributed by atoms with E-state index in [1.165, 1.54) is 42.5 Å². The van der Waals surface area contributed by atoms with Crippen molar-refractivity contribution in [3.8, 4) is 0 Å². The number of hydrogen-bond donors (Lipinski definition) is 2. The van der Waals surface area contributed by atoms with E-state index < -0.39 is 0 Å². The first-order valence-electron chi connectivity index (χ1n) is 7.37. The zero-order valence-corrected chi connectivity index (χ0v) is 15.6. The number of aryl methyl sites for hydroxylation is 1. The molecule has 2 N–H and O–H groups in total. The zero-order chi connectivity index (χ0) is 13.5. The maximum absolute atomic E-state index is 4.72. The molecule has 3 nitrogen and oxygen atoms in total. The summed E-state index contributed by atoms with van der Waals surface area (Å²) in [4.78, 5) is 6.08. The van der Waals surface area contributed by atoms with Crippen molar-refractivity contribution in [2.24, 2.45) is 4.99 Å². The summed E-state index contributed by atoms with van der Waals surface area (Å²) in [6.07, 6.45) is 6.65. The van der Waals surface area contributed by atoms with Crippen LogP contribution in [0.3, 0.4) is 0 Å². The van der Waals surface area contributed by atoms with Gasteiger partial charge in [-0.05, 0) is 43.7 Å². The molecule has 1 aliphatic carbocycles. The Morgan fingerprint density at radius 3 is 2.70 bits per heavy atom. The molecule has 0 aliphatic heterocycles. The van der Waals surface area contributed by atoms with Crippen LogP contribution >= 0.6 is 35.3 Å². The molecule has 0 saturated heterocycles. The Morgan fingerprint density at radius 2 is 2.10 bits per heavy atom. The van der Waals surface area contributed by atoms with E-state index in [1.807, 2.05) is 0 Å². The molecule has 0 unspecified atom stereocenters. The van der Waals surface area contributed by atoms with Crippen molar-refractivity contribution in [3.05, 3.63) is 21.9 Å². The normalized spacial score (nSPS) is 16.6. The smallest absolute Gasteiger partial charge is 0.191 e. The maximum atomic E-state index is 4.72. The second-order valence-electron chi connectivity index (χ2n) is 5.20. The number of halogens is 1. The van der Waals surface area contributed by atoms with E-state index in [2.05, 4.69) is 35.9 Å². The molecule has 0 aromatic carbocycles. The first-order valence-corrected chi connectivity index (χ1v) is 8.25. The monoisotopic (exact) mass is 407 g/mol. The van der Waals surface area contributed by atoms with E-state index in [4.69, 9.17) is 4.99 Å². The summed E-state index contributed by atoms with van der Waals surface area (Å²) in [5, 5.41) is 9.08. The summed E-state index contributed by atoms with van der Waals surface area (Å²) in [6.45, 7) is 5.98. The van der Waals surface area contributed by atoms with Gasteiger partial charge in [-0.2, -0.15) is 0 Å². The third-order valence-corrected chi connectivity index (χ3v) is 4.65. The minimum atomic E-state index is 0. The van der Waals surface area contributed by atoms with Crippen molar-refractivity contribution in [2.75, 3.05) is 6.54 Å². The summed E-state index contributed by atoms with van der Waals surface area (Å²) in [6, 6.07) is 2.77. The van der Waals surface area contributed by atoms with Crippen molar-refractivity contribution >= 4 is 41.3 Å². The van der Waals surface area contributed by atoms with E-state index in [9.17, 15) is 0 Å². The number of nitrogens with zero attached hydrogens (tertiary/aromatic N) is 1. The predicted octanol–water partition coefficient (Wildman–Crippen LogP) is 4.06. The van der Waals surface area contributed by atoms with Crippen LogP contribution in [0.25, 0.3) is 0 Å².